The van der Waals surface area contributed by atoms with Gasteiger partial charge in [0.25, 0.3) is 0 Å². The van der Waals surface area contributed by atoms with Crippen LogP contribution < -0.4 is 0 Å². The first-order valence-electron chi connectivity index (χ1n) is 3.91. The third kappa shape index (κ3) is 2.39. The maximum absolute atomic E-state index is 12.6. The van der Waals surface area contributed by atoms with E-state index in [1.807, 2.05) is 0 Å². The summed E-state index contributed by atoms with van der Waals surface area (Å²) in [5, 5.41) is 0.726. The van der Waals surface area contributed by atoms with Crippen LogP contribution in [0.4, 0.5) is 8.78 Å². The Labute approximate surface area is 74.5 Å². The summed E-state index contributed by atoms with van der Waals surface area (Å²) in [6, 6.07) is 0. The Morgan fingerprint density at radius 1 is 1.45 bits per heavy atom. The van der Waals surface area contributed by atoms with Crippen molar-refractivity contribution in [2.45, 2.75) is 38.5 Å². The van der Waals surface area contributed by atoms with Crippen molar-refractivity contribution in [1.82, 2.24) is 0 Å². The van der Waals surface area contributed by atoms with E-state index in [1.165, 1.54) is 0 Å². The highest BCUT2D eigenvalue weighted by atomic mass is 79.9. The number of halogens is 3. The molecule has 0 spiro atoms. The maximum Gasteiger partial charge on any atom is 0.246 e. The van der Waals surface area contributed by atoms with Crippen LogP contribution in [0.1, 0.15) is 32.6 Å². The summed E-state index contributed by atoms with van der Waals surface area (Å²) < 4.78 is 25.2. The quantitative estimate of drug-likeness (QED) is 0.646. The zero-order valence-electron chi connectivity index (χ0n) is 6.67. The van der Waals surface area contributed by atoms with Gasteiger partial charge in [-0.15, -0.1) is 0 Å². The minimum Gasteiger partial charge on any atom is -0.207 e. The molecule has 0 aromatic heterocycles. The Morgan fingerprint density at radius 3 is 2.09 bits per heavy atom. The number of hydrogen-bond donors (Lipinski definition) is 0. The summed E-state index contributed by atoms with van der Waals surface area (Å²) in [5.41, 5.74) is -0.0851. The Balaban J connectivity index is 2.45. The van der Waals surface area contributed by atoms with Crippen LogP contribution in [0.2, 0.25) is 0 Å². The molecule has 0 amide bonds. The van der Waals surface area contributed by atoms with Crippen molar-refractivity contribution in [2.24, 2.45) is 5.41 Å². The fourth-order valence-corrected chi connectivity index (χ4v) is 2.45. The Hall–Kier alpha value is 0.340. The summed E-state index contributed by atoms with van der Waals surface area (Å²) >= 11 is 3.30. The molecular formula is C8H13BrF2. The first-order valence-corrected chi connectivity index (χ1v) is 5.03. The van der Waals surface area contributed by atoms with E-state index in [1.54, 1.807) is 0 Å². The molecule has 0 aromatic carbocycles. The van der Waals surface area contributed by atoms with Gasteiger partial charge in [0.1, 0.15) is 0 Å². The van der Waals surface area contributed by atoms with Crippen LogP contribution in [0.3, 0.4) is 0 Å². The molecule has 1 fully saturated rings. The minimum absolute atomic E-state index is 0.0469. The van der Waals surface area contributed by atoms with E-state index in [0.29, 0.717) is 0 Å². The van der Waals surface area contributed by atoms with Gasteiger partial charge in [-0.05, 0) is 25.2 Å². The van der Waals surface area contributed by atoms with Gasteiger partial charge in [0, 0.05) is 11.8 Å². The molecule has 0 aliphatic heterocycles. The number of alkyl halides is 3. The molecule has 0 bridgehead atoms. The predicted octanol–water partition coefficient (Wildman–Crippen LogP) is 3.60. The first-order chi connectivity index (χ1) is 4.97. The van der Waals surface area contributed by atoms with Crippen molar-refractivity contribution in [1.29, 1.82) is 0 Å². The van der Waals surface area contributed by atoms with Gasteiger partial charge in [0.2, 0.25) is 5.92 Å². The van der Waals surface area contributed by atoms with Gasteiger partial charge in [-0.1, -0.05) is 22.4 Å². The van der Waals surface area contributed by atoms with Gasteiger partial charge in [0.05, 0.1) is 0 Å². The average molecular weight is 227 g/mol. The van der Waals surface area contributed by atoms with Crippen molar-refractivity contribution >= 4 is 15.9 Å². The zero-order valence-corrected chi connectivity index (χ0v) is 8.26. The summed E-state index contributed by atoms with van der Waals surface area (Å²) in [4.78, 5) is 0. The van der Waals surface area contributed by atoms with E-state index < -0.39 is 5.92 Å². The first kappa shape index (κ1) is 9.43. The largest absolute Gasteiger partial charge is 0.246 e. The van der Waals surface area contributed by atoms with Crippen molar-refractivity contribution in [3.63, 3.8) is 0 Å². The zero-order chi connectivity index (χ0) is 8.54. The Morgan fingerprint density at radius 2 is 2.00 bits per heavy atom. The van der Waals surface area contributed by atoms with E-state index >= 15 is 0 Å². The Kier molecular flexibility index (Phi) is 2.57. The highest BCUT2D eigenvalue weighted by Crippen LogP contribution is 2.48. The lowest BCUT2D eigenvalue weighted by molar-refractivity contribution is -0.0455. The second-order valence-corrected chi connectivity index (χ2v) is 4.29. The lowest BCUT2D eigenvalue weighted by Crippen LogP contribution is -2.36. The maximum atomic E-state index is 12.6. The molecule has 66 valence electrons. The van der Waals surface area contributed by atoms with Crippen molar-refractivity contribution < 1.29 is 8.78 Å². The standard InChI is InChI=1S/C8H13BrF2/c1-7(10,11)5-8(6-9)3-2-4-8/h2-6H2,1H3. The van der Waals surface area contributed by atoms with Gasteiger partial charge in [-0.2, -0.15) is 0 Å². The van der Waals surface area contributed by atoms with Crippen LogP contribution in [0, 0.1) is 5.41 Å². The molecule has 0 aromatic rings. The molecule has 1 rings (SSSR count). The van der Waals surface area contributed by atoms with Gasteiger partial charge < -0.3 is 0 Å². The molecule has 1 aliphatic rings. The van der Waals surface area contributed by atoms with Gasteiger partial charge in [-0.3, -0.25) is 0 Å². The van der Waals surface area contributed by atoms with Crippen molar-refractivity contribution in [3.8, 4) is 0 Å². The third-order valence-corrected chi connectivity index (χ3v) is 3.57. The second kappa shape index (κ2) is 3.00. The second-order valence-electron chi connectivity index (χ2n) is 3.73. The van der Waals surface area contributed by atoms with Crippen LogP contribution in [-0.4, -0.2) is 11.3 Å². The molecule has 0 unspecified atom stereocenters. The van der Waals surface area contributed by atoms with Crippen LogP contribution in [0.5, 0.6) is 0 Å². The molecule has 0 radical (unpaired) electrons. The fraction of sp³-hybridized carbons (Fsp3) is 1.00. The van der Waals surface area contributed by atoms with E-state index in [2.05, 4.69) is 15.9 Å². The third-order valence-electron chi connectivity index (χ3n) is 2.38. The molecule has 1 aliphatic carbocycles. The summed E-state index contributed by atoms with van der Waals surface area (Å²) in [5.74, 6) is -2.49. The smallest absolute Gasteiger partial charge is 0.207 e. The number of hydrogen-bond acceptors (Lipinski definition) is 0. The average Bonchev–Trinajstić information content (AvgIpc) is 1.77. The van der Waals surface area contributed by atoms with Gasteiger partial charge >= 0.3 is 0 Å². The summed E-state index contributed by atoms with van der Waals surface area (Å²) in [6.45, 7) is 1.01. The number of rotatable bonds is 3. The molecule has 1 saturated carbocycles. The monoisotopic (exact) mass is 226 g/mol. The molecule has 3 heteroatoms. The van der Waals surface area contributed by atoms with Crippen LogP contribution in [-0.2, 0) is 0 Å². The molecule has 11 heavy (non-hydrogen) atoms. The molecule has 0 atom stereocenters. The summed E-state index contributed by atoms with van der Waals surface area (Å²) in [6.07, 6.45) is 3.08. The van der Waals surface area contributed by atoms with Crippen LogP contribution in [0.25, 0.3) is 0 Å². The van der Waals surface area contributed by atoms with Gasteiger partial charge in [0.15, 0.2) is 0 Å². The Bertz CT molecular complexity index is 130. The molecule has 0 nitrogen and oxygen atoms in total. The lowest BCUT2D eigenvalue weighted by Gasteiger charge is -2.42. The van der Waals surface area contributed by atoms with E-state index in [0.717, 1.165) is 31.5 Å². The van der Waals surface area contributed by atoms with Crippen LogP contribution >= 0.6 is 15.9 Å². The highest BCUT2D eigenvalue weighted by Gasteiger charge is 2.42. The van der Waals surface area contributed by atoms with Crippen LogP contribution in [0.15, 0.2) is 0 Å². The summed E-state index contributed by atoms with van der Waals surface area (Å²) in [7, 11) is 0. The normalized spacial score (nSPS) is 22.9. The molecule has 0 heterocycles. The SMILES string of the molecule is CC(F)(F)CC1(CBr)CCC1. The van der Waals surface area contributed by atoms with E-state index in [4.69, 9.17) is 0 Å². The molecule has 0 N–H and O–H groups in total. The van der Waals surface area contributed by atoms with Crippen molar-refractivity contribution in [3.05, 3.63) is 0 Å². The minimum atomic E-state index is -2.49. The highest BCUT2D eigenvalue weighted by molar-refractivity contribution is 9.09. The van der Waals surface area contributed by atoms with E-state index in [-0.39, 0.29) is 11.8 Å². The lowest BCUT2D eigenvalue weighted by atomic mass is 9.67. The van der Waals surface area contributed by atoms with Gasteiger partial charge in [-0.25, -0.2) is 8.78 Å². The molecule has 0 saturated heterocycles. The predicted molar refractivity (Wildman–Crippen MR) is 45.3 cm³/mol. The topological polar surface area (TPSA) is 0 Å². The fourth-order valence-electron chi connectivity index (χ4n) is 1.69. The van der Waals surface area contributed by atoms with E-state index in [9.17, 15) is 8.78 Å². The van der Waals surface area contributed by atoms with Crippen molar-refractivity contribution in [2.75, 3.05) is 5.33 Å². The molecular weight excluding hydrogens is 214 g/mol.